The van der Waals surface area contributed by atoms with Crippen LogP contribution in [0.5, 0.6) is 5.88 Å². The average Bonchev–Trinajstić information content (AvgIpc) is 3.02. The summed E-state index contributed by atoms with van der Waals surface area (Å²) < 4.78 is 10.6. The third kappa shape index (κ3) is 2.95. The van der Waals surface area contributed by atoms with Gasteiger partial charge in [-0.3, -0.25) is 0 Å². The Labute approximate surface area is 126 Å². The molecule has 0 unspecified atom stereocenters. The standard InChI is InChI=1S/C16H12N2O4/c19-16(20)12-6-7-14(17-8-12)21-9-13-10-22-18-15(13)11-4-2-1-3-5-11/h1-8,10H,9H2,(H,19,20). The van der Waals surface area contributed by atoms with Crippen LogP contribution in [0.15, 0.2) is 59.4 Å². The van der Waals surface area contributed by atoms with Crippen LogP contribution in [0.4, 0.5) is 0 Å². The van der Waals surface area contributed by atoms with E-state index in [1.807, 2.05) is 30.3 Å². The van der Waals surface area contributed by atoms with Crippen molar-refractivity contribution < 1.29 is 19.2 Å². The van der Waals surface area contributed by atoms with E-state index in [1.54, 1.807) is 0 Å². The molecule has 0 spiro atoms. The molecule has 0 bridgehead atoms. The van der Waals surface area contributed by atoms with Crippen LogP contribution < -0.4 is 4.74 Å². The molecular formula is C16H12N2O4. The second kappa shape index (κ2) is 6.09. The SMILES string of the molecule is O=C(O)c1ccc(OCc2conc2-c2ccccc2)nc1. The molecule has 3 rings (SSSR count). The van der Waals surface area contributed by atoms with Crippen LogP contribution in [0.25, 0.3) is 11.3 Å². The molecule has 1 N–H and O–H groups in total. The molecular weight excluding hydrogens is 284 g/mol. The normalized spacial score (nSPS) is 10.4. The monoisotopic (exact) mass is 296 g/mol. The third-order valence-electron chi connectivity index (χ3n) is 3.05. The lowest BCUT2D eigenvalue weighted by molar-refractivity contribution is 0.0696. The topological polar surface area (TPSA) is 85.5 Å². The van der Waals surface area contributed by atoms with Crippen molar-refractivity contribution in [3.8, 4) is 17.1 Å². The van der Waals surface area contributed by atoms with Gasteiger partial charge in [-0.15, -0.1) is 0 Å². The van der Waals surface area contributed by atoms with Crippen molar-refractivity contribution in [2.24, 2.45) is 0 Å². The molecule has 110 valence electrons. The summed E-state index contributed by atoms with van der Waals surface area (Å²) in [5.41, 5.74) is 2.55. The third-order valence-corrected chi connectivity index (χ3v) is 3.05. The largest absolute Gasteiger partial charge is 0.478 e. The maximum atomic E-state index is 10.8. The first-order chi connectivity index (χ1) is 10.7. The van der Waals surface area contributed by atoms with Gasteiger partial charge in [-0.05, 0) is 6.07 Å². The van der Waals surface area contributed by atoms with Gasteiger partial charge in [-0.2, -0.15) is 0 Å². The Morgan fingerprint density at radius 3 is 2.68 bits per heavy atom. The van der Waals surface area contributed by atoms with Gasteiger partial charge in [0.05, 0.1) is 11.1 Å². The zero-order valence-electron chi connectivity index (χ0n) is 11.5. The molecule has 0 aliphatic rings. The highest BCUT2D eigenvalue weighted by Gasteiger charge is 2.11. The second-order valence-electron chi connectivity index (χ2n) is 4.53. The van der Waals surface area contributed by atoms with Gasteiger partial charge in [0.15, 0.2) is 0 Å². The average molecular weight is 296 g/mol. The van der Waals surface area contributed by atoms with E-state index in [0.717, 1.165) is 11.1 Å². The fourth-order valence-electron chi connectivity index (χ4n) is 1.94. The van der Waals surface area contributed by atoms with E-state index in [4.69, 9.17) is 14.4 Å². The molecule has 0 atom stereocenters. The van der Waals surface area contributed by atoms with Crippen molar-refractivity contribution in [2.75, 3.05) is 0 Å². The summed E-state index contributed by atoms with van der Waals surface area (Å²) >= 11 is 0. The Morgan fingerprint density at radius 1 is 1.18 bits per heavy atom. The molecule has 0 fully saturated rings. The van der Waals surface area contributed by atoms with Crippen LogP contribution >= 0.6 is 0 Å². The Bertz CT molecular complexity index is 766. The number of carboxylic acid groups (broad SMARTS) is 1. The number of benzene rings is 1. The van der Waals surface area contributed by atoms with Crippen molar-refractivity contribution in [2.45, 2.75) is 6.61 Å². The molecule has 0 aliphatic heterocycles. The van der Waals surface area contributed by atoms with E-state index in [1.165, 1.54) is 24.6 Å². The van der Waals surface area contributed by atoms with Crippen molar-refractivity contribution in [1.82, 2.24) is 10.1 Å². The minimum Gasteiger partial charge on any atom is -0.478 e. The summed E-state index contributed by atoms with van der Waals surface area (Å²) in [5.74, 6) is -0.685. The smallest absolute Gasteiger partial charge is 0.337 e. The van der Waals surface area contributed by atoms with Crippen LogP contribution in [0.2, 0.25) is 0 Å². The Hall–Kier alpha value is -3.15. The maximum Gasteiger partial charge on any atom is 0.337 e. The Balaban J connectivity index is 1.72. The summed E-state index contributed by atoms with van der Waals surface area (Å²) in [6, 6.07) is 12.6. The summed E-state index contributed by atoms with van der Waals surface area (Å²) in [4.78, 5) is 14.7. The first-order valence-electron chi connectivity index (χ1n) is 6.55. The summed E-state index contributed by atoms with van der Waals surface area (Å²) in [6.07, 6.45) is 2.78. The molecule has 6 heteroatoms. The first-order valence-corrected chi connectivity index (χ1v) is 6.55. The second-order valence-corrected chi connectivity index (χ2v) is 4.53. The molecule has 0 radical (unpaired) electrons. The van der Waals surface area contributed by atoms with Crippen LogP contribution in [0.3, 0.4) is 0 Å². The Morgan fingerprint density at radius 2 is 2.00 bits per heavy atom. The minimum atomic E-state index is -1.02. The van der Waals surface area contributed by atoms with Gasteiger partial charge < -0.3 is 14.4 Å². The molecule has 2 heterocycles. The minimum absolute atomic E-state index is 0.113. The highest BCUT2D eigenvalue weighted by atomic mass is 16.5. The Kier molecular flexibility index (Phi) is 3.82. The van der Waals surface area contributed by atoms with E-state index in [0.29, 0.717) is 11.6 Å². The predicted octanol–water partition coefficient (Wildman–Crippen LogP) is 3.01. The number of rotatable bonds is 5. The van der Waals surface area contributed by atoms with Gasteiger partial charge in [-0.1, -0.05) is 35.5 Å². The van der Waals surface area contributed by atoms with E-state index < -0.39 is 5.97 Å². The van der Waals surface area contributed by atoms with Gasteiger partial charge >= 0.3 is 5.97 Å². The highest BCUT2D eigenvalue weighted by molar-refractivity contribution is 5.87. The number of aromatic nitrogens is 2. The number of ether oxygens (including phenoxy) is 1. The van der Waals surface area contributed by atoms with Gasteiger partial charge in [0, 0.05) is 17.8 Å². The molecule has 0 amide bonds. The molecule has 2 aromatic heterocycles. The predicted molar refractivity (Wildman–Crippen MR) is 77.5 cm³/mol. The number of hydrogen-bond donors (Lipinski definition) is 1. The van der Waals surface area contributed by atoms with Crippen LogP contribution in [-0.4, -0.2) is 21.2 Å². The van der Waals surface area contributed by atoms with Crippen molar-refractivity contribution in [3.63, 3.8) is 0 Å². The zero-order chi connectivity index (χ0) is 15.4. The summed E-state index contributed by atoms with van der Waals surface area (Å²) in [7, 11) is 0. The van der Waals surface area contributed by atoms with E-state index in [-0.39, 0.29) is 12.2 Å². The maximum absolute atomic E-state index is 10.8. The summed E-state index contributed by atoms with van der Waals surface area (Å²) in [5, 5.41) is 12.8. The lowest BCUT2D eigenvalue weighted by Gasteiger charge is -2.05. The van der Waals surface area contributed by atoms with Crippen molar-refractivity contribution in [3.05, 3.63) is 66.1 Å². The lowest BCUT2D eigenvalue weighted by atomic mass is 10.1. The lowest BCUT2D eigenvalue weighted by Crippen LogP contribution is -2.00. The number of carboxylic acids is 1. The van der Waals surface area contributed by atoms with Gasteiger partial charge in [0.25, 0.3) is 0 Å². The highest BCUT2D eigenvalue weighted by Crippen LogP contribution is 2.22. The van der Waals surface area contributed by atoms with Crippen LogP contribution in [0.1, 0.15) is 15.9 Å². The molecule has 1 aromatic carbocycles. The number of pyridine rings is 1. The summed E-state index contributed by atoms with van der Waals surface area (Å²) in [6.45, 7) is 0.229. The molecule has 22 heavy (non-hydrogen) atoms. The van der Waals surface area contributed by atoms with Gasteiger partial charge in [0.1, 0.15) is 18.6 Å². The fourth-order valence-corrected chi connectivity index (χ4v) is 1.94. The van der Waals surface area contributed by atoms with Gasteiger partial charge in [-0.25, -0.2) is 9.78 Å². The van der Waals surface area contributed by atoms with Crippen molar-refractivity contribution in [1.29, 1.82) is 0 Å². The molecule has 6 nitrogen and oxygen atoms in total. The number of aromatic carboxylic acids is 1. The van der Waals surface area contributed by atoms with E-state index in [2.05, 4.69) is 10.1 Å². The molecule has 0 saturated heterocycles. The quantitative estimate of drug-likeness (QED) is 0.779. The zero-order valence-corrected chi connectivity index (χ0v) is 11.5. The first kappa shape index (κ1) is 13.8. The van der Waals surface area contributed by atoms with E-state index in [9.17, 15) is 4.79 Å². The number of carbonyl (C=O) groups is 1. The number of hydrogen-bond acceptors (Lipinski definition) is 5. The van der Waals surface area contributed by atoms with Gasteiger partial charge in [0.2, 0.25) is 5.88 Å². The van der Waals surface area contributed by atoms with Crippen molar-refractivity contribution >= 4 is 5.97 Å². The van der Waals surface area contributed by atoms with Crippen LogP contribution in [-0.2, 0) is 6.61 Å². The molecule has 0 saturated carbocycles. The molecule has 0 aliphatic carbocycles. The fraction of sp³-hybridized carbons (Fsp3) is 0.0625. The number of nitrogens with zero attached hydrogens (tertiary/aromatic N) is 2. The van der Waals surface area contributed by atoms with E-state index >= 15 is 0 Å². The molecule has 3 aromatic rings. The van der Waals surface area contributed by atoms with Crippen LogP contribution in [0, 0.1) is 0 Å².